The summed E-state index contributed by atoms with van der Waals surface area (Å²) in [6, 6.07) is 54.0. The molecule has 0 saturated heterocycles. The molecule has 0 spiro atoms. The minimum absolute atomic E-state index is 0.0488. The number of hydrogen-bond acceptors (Lipinski definition) is 4. The summed E-state index contributed by atoms with van der Waals surface area (Å²) in [5.74, 6) is 7.11. The van der Waals surface area contributed by atoms with Gasteiger partial charge in [-0.1, -0.05) is 133 Å². The maximum Gasteiger partial charge on any atom is 0.169 e. The molecule has 262 valence electrons. The first-order chi connectivity index (χ1) is 27.7. The Kier molecular flexibility index (Phi) is 7.23. The van der Waals surface area contributed by atoms with E-state index in [2.05, 4.69) is 113 Å². The summed E-state index contributed by atoms with van der Waals surface area (Å²) in [5.41, 5.74) is 9.75. The topological polar surface area (TPSA) is 64.1 Å². The third-order valence-corrected chi connectivity index (χ3v) is 10.8. The molecule has 0 aliphatic heterocycles. The zero-order chi connectivity index (χ0) is 37.2. The van der Waals surface area contributed by atoms with Gasteiger partial charge >= 0.3 is 0 Å². The van der Waals surface area contributed by atoms with Crippen LogP contribution in [0.2, 0.25) is 0 Å². The van der Waals surface area contributed by atoms with E-state index in [1.807, 2.05) is 72.8 Å². The summed E-state index contributed by atoms with van der Waals surface area (Å²) in [5, 5.41) is 19.0. The van der Waals surface area contributed by atoms with Gasteiger partial charge in [0.2, 0.25) is 0 Å². The fourth-order valence-electron chi connectivity index (χ4n) is 8.19. The molecule has 5 heteroatoms. The Hall–Kier alpha value is -7.68. The van der Waals surface area contributed by atoms with E-state index < -0.39 is 0 Å². The summed E-state index contributed by atoms with van der Waals surface area (Å²) in [4.78, 5) is 10.0. The minimum Gasteiger partial charge on any atom is -0.504 e. The summed E-state index contributed by atoms with van der Waals surface area (Å²) < 4.78 is 8.76. The molecule has 0 fully saturated rings. The Morgan fingerprint density at radius 2 is 1.34 bits per heavy atom. The van der Waals surface area contributed by atoms with Gasteiger partial charge in [0.15, 0.2) is 11.6 Å². The van der Waals surface area contributed by atoms with Crippen molar-refractivity contribution in [3.8, 4) is 45.9 Å². The largest absolute Gasteiger partial charge is 0.504 e. The van der Waals surface area contributed by atoms with E-state index in [1.165, 1.54) is 16.2 Å². The monoisotopic (exact) mass is 717 g/mol. The quantitative estimate of drug-likeness (QED) is 0.180. The maximum atomic E-state index is 12.2. The molecular formula is C51H31N3O2. The fourth-order valence-corrected chi connectivity index (χ4v) is 8.19. The molecule has 10 aromatic rings. The Labute approximate surface area is 322 Å². The number of aromatic nitrogens is 3. The van der Waals surface area contributed by atoms with Crippen LogP contribution in [0.5, 0.6) is 5.75 Å². The van der Waals surface area contributed by atoms with Crippen LogP contribution in [0.4, 0.5) is 0 Å². The van der Waals surface area contributed by atoms with E-state index in [0.29, 0.717) is 40.4 Å². The van der Waals surface area contributed by atoms with E-state index in [0.717, 1.165) is 55.2 Å². The molecule has 0 saturated carbocycles. The normalized spacial score (nSPS) is 12.9. The van der Waals surface area contributed by atoms with Crippen molar-refractivity contribution in [3.63, 3.8) is 0 Å². The van der Waals surface area contributed by atoms with Gasteiger partial charge in [0.05, 0.1) is 16.6 Å². The van der Waals surface area contributed by atoms with Crippen LogP contribution in [0.1, 0.15) is 17.7 Å². The first kappa shape index (κ1) is 31.8. The second kappa shape index (κ2) is 12.7. The van der Waals surface area contributed by atoms with E-state index in [-0.39, 0.29) is 5.75 Å². The number of fused-ring (bicyclic) bond motifs is 8. The second-order valence-electron chi connectivity index (χ2n) is 14.0. The molecule has 11 rings (SSSR count). The van der Waals surface area contributed by atoms with Crippen LogP contribution in [0.25, 0.3) is 94.0 Å². The smallest absolute Gasteiger partial charge is 0.169 e. The van der Waals surface area contributed by atoms with Gasteiger partial charge in [-0.25, -0.2) is 9.97 Å². The molecule has 1 aliphatic rings. The number of benzene rings is 7. The van der Waals surface area contributed by atoms with Gasteiger partial charge in [-0.15, -0.1) is 0 Å². The molecule has 7 aromatic carbocycles. The number of allylic oxidation sites excluding steroid dienone is 4. The third-order valence-electron chi connectivity index (χ3n) is 10.8. The predicted octanol–water partition coefficient (Wildman–Crippen LogP) is 12.5. The predicted molar refractivity (Wildman–Crippen MR) is 228 cm³/mol. The molecule has 5 nitrogen and oxygen atoms in total. The van der Waals surface area contributed by atoms with Gasteiger partial charge in [0, 0.05) is 44.8 Å². The first-order valence-electron chi connectivity index (χ1n) is 18.7. The van der Waals surface area contributed by atoms with Crippen molar-refractivity contribution >= 4 is 65.7 Å². The summed E-state index contributed by atoms with van der Waals surface area (Å²) >= 11 is 0. The Morgan fingerprint density at radius 3 is 2.21 bits per heavy atom. The molecule has 0 amide bonds. The van der Waals surface area contributed by atoms with Crippen molar-refractivity contribution in [3.05, 3.63) is 181 Å². The highest BCUT2D eigenvalue weighted by Gasteiger charge is 2.23. The number of nitrogens with zero attached hydrogens (tertiary/aromatic N) is 3. The SMILES string of the molecule is Oc1c(C2=CC(c3ccc4c(c3)c3c5ccccc5ccc3n4-c3ccccc3)=CCC#C2)nc(-c2ccccc2)nc1-c1cccc2c1oc1ccccc12. The Bertz CT molecular complexity index is 3340. The highest BCUT2D eigenvalue weighted by molar-refractivity contribution is 6.22. The number of para-hydroxylation sites is 3. The Balaban J connectivity index is 1.11. The van der Waals surface area contributed by atoms with Gasteiger partial charge in [-0.2, -0.15) is 0 Å². The minimum atomic E-state index is -0.0488. The van der Waals surface area contributed by atoms with Crippen molar-refractivity contribution in [2.45, 2.75) is 6.42 Å². The van der Waals surface area contributed by atoms with Crippen LogP contribution in [0.3, 0.4) is 0 Å². The molecule has 3 heterocycles. The van der Waals surface area contributed by atoms with Crippen LogP contribution >= 0.6 is 0 Å². The van der Waals surface area contributed by atoms with Crippen molar-refractivity contribution in [1.82, 2.24) is 14.5 Å². The maximum absolute atomic E-state index is 12.2. The number of furan rings is 1. The highest BCUT2D eigenvalue weighted by atomic mass is 16.3. The van der Waals surface area contributed by atoms with Crippen molar-refractivity contribution in [2.24, 2.45) is 0 Å². The lowest BCUT2D eigenvalue weighted by molar-refractivity contribution is 0.470. The number of hydrogen-bond donors (Lipinski definition) is 1. The Morgan fingerprint density at radius 1 is 0.607 bits per heavy atom. The molecule has 1 aliphatic carbocycles. The highest BCUT2D eigenvalue weighted by Crippen LogP contribution is 2.43. The zero-order valence-electron chi connectivity index (χ0n) is 30.1. The van der Waals surface area contributed by atoms with E-state index in [1.54, 1.807) is 0 Å². The van der Waals surface area contributed by atoms with Gasteiger partial charge in [0.25, 0.3) is 0 Å². The summed E-state index contributed by atoms with van der Waals surface area (Å²) in [6.45, 7) is 0. The van der Waals surface area contributed by atoms with E-state index in [4.69, 9.17) is 14.4 Å². The third kappa shape index (κ3) is 5.05. The van der Waals surface area contributed by atoms with Gasteiger partial charge in [0.1, 0.15) is 22.6 Å². The molecule has 3 aromatic heterocycles. The molecule has 0 bridgehead atoms. The molecule has 56 heavy (non-hydrogen) atoms. The standard InChI is InChI=1S/C51H31N3O2/c55-49-47(52-51(33-15-3-1-4-16-33)53-48(49)41-24-13-23-40-39-22-11-12-25-45(39)56-50(40)41)36-18-8-7-17-34(30-36)35-27-28-43-42(31-35)46-38-21-10-9-14-32(38)26-29-44(46)54(43)37-19-5-2-6-20-37/h1-6,9-17,19-31,55H,7H2. The lowest BCUT2D eigenvalue weighted by Crippen LogP contribution is -2.00. The van der Waals surface area contributed by atoms with Gasteiger partial charge < -0.3 is 14.1 Å². The second-order valence-corrected chi connectivity index (χ2v) is 14.0. The van der Waals surface area contributed by atoms with Crippen molar-refractivity contribution < 1.29 is 9.52 Å². The zero-order valence-corrected chi connectivity index (χ0v) is 30.1. The molecular weight excluding hydrogens is 687 g/mol. The van der Waals surface area contributed by atoms with Crippen LogP contribution in [-0.4, -0.2) is 19.6 Å². The van der Waals surface area contributed by atoms with E-state index >= 15 is 0 Å². The van der Waals surface area contributed by atoms with Gasteiger partial charge in [-0.3, -0.25) is 0 Å². The van der Waals surface area contributed by atoms with Crippen molar-refractivity contribution in [2.75, 3.05) is 0 Å². The first-order valence-corrected chi connectivity index (χ1v) is 18.7. The lowest BCUT2D eigenvalue weighted by atomic mass is 9.97. The lowest BCUT2D eigenvalue weighted by Gasteiger charge is -2.13. The molecule has 0 radical (unpaired) electrons. The van der Waals surface area contributed by atoms with Gasteiger partial charge in [-0.05, 0) is 70.4 Å². The number of aromatic hydroxyl groups is 1. The van der Waals surface area contributed by atoms with Crippen LogP contribution in [0.15, 0.2) is 174 Å². The molecule has 0 atom stereocenters. The van der Waals surface area contributed by atoms with Crippen LogP contribution < -0.4 is 0 Å². The van der Waals surface area contributed by atoms with Crippen LogP contribution in [-0.2, 0) is 0 Å². The average molecular weight is 718 g/mol. The summed E-state index contributed by atoms with van der Waals surface area (Å²) in [7, 11) is 0. The fraction of sp³-hybridized carbons (Fsp3) is 0.0196. The van der Waals surface area contributed by atoms with Crippen molar-refractivity contribution in [1.29, 1.82) is 0 Å². The average Bonchev–Trinajstić information content (AvgIpc) is 3.70. The number of rotatable bonds is 5. The summed E-state index contributed by atoms with van der Waals surface area (Å²) in [6.07, 6.45) is 4.75. The molecule has 0 unspecified atom stereocenters. The molecule has 1 N–H and O–H groups in total. The van der Waals surface area contributed by atoms with Crippen LogP contribution in [0, 0.1) is 11.8 Å². The van der Waals surface area contributed by atoms with E-state index in [9.17, 15) is 5.11 Å².